The largest absolute Gasteiger partial charge is 0.489 e. The van der Waals surface area contributed by atoms with Gasteiger partial charge in [0.2, 0.25) is 0 Å². The van der Waals surface area contributed by atoms with E-state index in [1.165, 1.54) is 82.1 Å². The summed E-state index contributed by atoms with van der Waals surface area (Å²) in [7, 11) is 0. The summed E-state index contributed by atoms with van der Waals surface area (Å²) in [5.41, 5.74) is 2.64. The molecule has 0 aromatic heterocycles. The lowest BCUT2D eigenvalue weighted by atomic mass is 9.99. The fourth-order valence-corrected chi connectivity index (χ4v) is 3.97. The maximum absolute atomic E-state index is 5.87. The Bertz CT molecular complexity index is 644. The second-order valence-electron chi connectivity index (χ2n) is 8.46. The van der Waals surface area contributed by atoms with Crippen molar-refractivity contribution >= 4 is 0 Å². The molecule has 2 nitrogen and oxygen atoms in total. The number of rotatable bonds is 11. The number of nitrogens with zero attached hydrogens (tertiary/aromatic N) is 1. The van der Waals surface area contributed by atoms with Crippen LogP contribution in [-0.2, 0) is 13.0 Å². The van der Waals surface area contributed by atoms with Crippen LogP contribution in [0.3, 0.4) is 0 Å². The van der Waals surface area contributed by atoms with E-state index in [-0.39, 0.29) is 0 Å². The summed E-state index contributed by atoms with van der Waals surface area (Å²) in [6.45, 7) is 6.99. The summed E-state index contributed by atoms with van der Waals surface area (Å²) in [6.07, 6.45) is 10.8. The fraction of sp³-hybridized carbons (Fsp3) is 0.538. The van der Waals surface area contributed by atoms with Gasteiger partial charge in [-0.1, -0.05) is 68.7 Å². The molecule has 1 saturated heterocycles. The predicted molar refractivity (Wildman–Crippen MR) is 119 cm³/mol. The average Bonchev–Trinajstić information content (AvgIpc) is 2.74. The van der Waals surface area contributed by atoms with Crippen LogP contribution in [0, 0.1) is 5.92 Å². The molecule has 2 heteroatoms. The van der Waals surface area contributed by atoms with E-state index in [2.05, 4.69) is 60.4 Å². The number of hydrogen-bond donors (Lipinski definition) is 0. The number of hydrogen-bond acceptors (Lipinski definition) is 2. The van der Waals surface area contributed by atoms with E-state index < -0.39 is 0 Å². The minimum absolute atomic E-state index is 0.636. The normalized spacial score (nSPS) is 15.6. The van der Waals surface area contributed by atoms with E-state index in [9.17, 15) is 0 Å². The molecule has 0 aliphatic carbocycles. The average molecular weight is 380 g/mol. The molecule has 0 bridgehead atoms. The van der Waals surface area contributed by atoms with Crippen LogP contribution in [0.5, 0.6) is 5.75 Å². The van der Waals surface area contributed by atoms with E-state index in [0.29, 0.717) is 6.61 Å². The first-order valence-electron chi connectivity index (χ1n) is 11.3. The molecule has 1 heterocycles. The van der Waals surface area contributed by atoms with Crippen molar-refractivity contribution < 1.29 is 4.74 Å². The van der Waals surface area contributed by atoms with E-state index in [1.54, 1.807) is 0 Å². The standard InChI is InChI=1S/C26H37NO/c1-23-17-20-27(21-18-23)19-9-4-2-3-6-10-24-13-15-26(16-14-24)28-22-25-11-7-5-8-12-25/h5,7-8,11-16,23H,2-4,6,9-10,17-22H2,1H3. The number of likely N-dealkylation sites (tertiary alicyclic amines) is 1. The molecule has 1 fully saturated rings. The van der Waals surface area contributed by atoms with E-state index >= 15 is 0 Å². The van der Waals surface area contributed by atoms with Crippen LogP contribution in [0.2, 0.25) is 0 Å². The molecule has 2 aromatic carbocycles. The molecule has 0 unspecified atom stereocenters. The van der Waals surface area contributed by atoms with Crippen molar-refractivity contribution in [2.75, 3.05) is 19.6 Å². The molecule has 0 spiro atoms. The van der Waals surface area contributed by atoms with E-state index in [0.717, 1.165) is 11.7 Å². The van der Waals surface area contributed by atoms with Crippen molar-refractivity contribution in [2.24, 2.45) is 5.92 Å². The second kappa shape index (κ2) is 11.9. The third kappa shape index (κ3) is 7.67. The highest BCUT2D eigenvalue weighted by atomic mass is 16.5. The molecule has 0 atom stereocenters. The minimum Gasteiger partial charge on any atom is -0.489 e. The molecule has 1 aliphatic heterocycles. The lowest BCUT2D eigenvalue weighted by Gasteiger charge is -2.30. The minimum atomic E-state index is 0.636. The monoisotopic (exact) mass is 379 g/mol. The zero-order valence-electron chi connectivity index (χ0n) is 17.6. The van der Waals surface area contributed by atoms with Gasteiger partial charge in [-0.05, 0) is 80.9 Å². The van der Waals surface area contributed by atoms with Crippen LogP contribution < -0.4 is 4.74 Å². The SMILES string of the molecule is CC1CCN(CCCCCCCc2ccc(OCc3ccccc3)cc2)CC1. The molecule has 0 N–H and O–H groups in total. The quantitative estimate of drug-likeness (QED) is 0.414. The molecular weight excluding hydrogens is 342 g/mol. The van der Waals surface area contributed by atoms with Gasteiger partial charge in [-0.15, -0.1) is 0 Å². The maximum Gasteiger partial charge on any atom is 0.119 e. The third-order valence-electron chi connectivity index (χ3n) is 5.99. The lowest BCUT2D eigenvalue weighted by Crippen LogP contribution is -2.33. The molecule has 0 amide bonds. The number of ether oxygens (including phenoxy) is 1. The van der Waals surface area contributed by atoms with Gasteiger partial charge in [0, 0.05) is 0 Å². The van der Waals surface area contributed by atoms with Crippen LogP contribution >= 0.6 is 0 Å². The predicted octanol–water partition coefficient (Wildman–Crippen LogP) is 6.49. The highest BCUT2D eigenvalue weighted by Crippen LogP contribution is 2.18. The molecule has 1 aliphatic rings. The first-order chi connectivity index (χ1) is 13.8. The number of piperidine rings is 1. The van der Waals surface area contributed by atoms with Crippen molar-refractivity contribution in [1.82, 2.24) is 4.90 Å². The number of aryl methyl sites for hydroxylation is 1. The zero-order chi connectivity index (χ0) is 19.4. The van der Waals surface area contributed by atoms with Gasteiger partial charge in [-0.25, -0.2) is 0 Å². The maximum atomic E-state index is 5.87. The van der Waals surface area contributed by atoms with E-state index in [4.69, 9.17) is 4.74 Å². The molecule has 28 heavy (non-hydrogen) atoms. The Morgan fingerprint density at radius 1 is 0.786 bits per heavy atom. The molecule has 3 rings (SSSR count). The van der Waals surface area contributed by atoms with Gasteiger partial charge >= 0.3 is 0 Å². The molecule has 152 valence electrons. The van der Waals surface area contributed by atoms with Gasteiger partial charge in [0.1, 0.15) is 12.4 Å². The van der Waals surface area contributed by atoms with Crippen molar-refractivity contribution in [3.63, 3.8) is 0 Å². The highest BCUT2D eigenvalue weighted by Gasteiger charge is 2.14. The van der Waals surface area contributed by atoms with Crippen molar-refractivity contribution in [3.8, 4) is 5.75 Å². The third-order valence-corrected chi connectivity index (χ3v) is 5.99. The smallest absolute Gasteiger partial charge is 0.119 e. The van der Waals surface area contributed by atoms with Crippen LogP contribution in [0.15, 0.2) is 54.6 Å². The summed E-state index contributed by atoms with van der Waals surface area (Å²) in [4.78, 5) is 2.67. The first kappa shape index (κ1) is 20.9. The topological polar surface area (TPSA) is 12.5 Å². The lowest BCUT2D eigenvalue weighted by molar-refractivity contribution is 0.189. The fourth-order valence-electron chi connectivity index (χ4n) is 3.97. The summed E-state index contributed by atoms with van der Waals surface area (Å²) in [5.74, 6) is 1.90. The zero-order valence-corrected chi connectivity index (χ0v) is 17.6. The summed E-state index contributed by atoms with van der Waals surface area (Å²) in [5, 5.41) is 0. The van der Waals surface area contributed by atoms with Gasteiger partial charge in [0.15, 0.2) is 0 Å². The molecule has 2 aromatic rings. The van der Waals surface area contributed by atoms with Crippen molar-refractivity contribution in [1.29, 1.82) is 0 Å². The van der Waals surface area contributed by atoms with Gasteiger partial charge in [0.25, 0.3) is 0 Å². The van der Waals surface area contributed by atoms with Crippen molar-refractivity contribution in [2.45, 2.75) is 64.9 Å². The highest BCUT2D eigenvalue weighted by molar-refractivity contribution is 5.27. The molecule has 0 radical (unpaired) electrons. The number of benzene rings is 2. The van der Waals surface area contributed by atoms with Crippen molar-refractivity contribution in [3.05, 3.63) is 65.7 Å². The van der Waals surface area contributed by atoms with Gasteiger partial charge < -0.3 is 9.64 Å². The summed E-state index contributed by atoms with van der Waals surface area (Å²) < 4.78 is 5.87. The van der Waals surface area contributed by atoms with Crippen LogP contribution in [-0.4, -0.2) is 24.5 Å². The summed E-state index contributed by atoms with van der Waals surface area (Å²) in [6, 6.07) is 19.0. The van der Waals surface area contributed by atoms with Gasteiger partial charge in [-0.2, -0.15) is 0 Å². The second-order valence-corrected chi connectivity index (χ2v) is 8.46. The van der Waals surface area contributed by atoms with E-state index in [1.807, 2.05) is 6.07 Å². The Morgan fingerprint density at radius 3 is 2.21 bits per heavy atom. The Morgan fingerprint density at radius 2 is 1.46 bits per heavy atom. The summed E-state index contributed by atoms with van der Waals surface area (Å²) >= 11 is 0. The molecule has 0 saturated carbocycles. The number of unbranched alkanes of at least 4 members (excludes halogenated alkanes) is 4. The molecular formula is C26H37NO. The Hall–Kier alpha value is -1.80. The Balaban J connectivity index is 1.22. The Labute approximate surface area is 171 Å². The van der Waals surface area contributed by atoms with Gasteiger partial charge in [0.05, 0.1) is 0 Å². The van der Waals surface area contributed by atoms with Crippen LogP contribution in [0.4, 0.5) is 0 Å². The van der Waals surface area contributed by atoms with Gasteiger partial charge in [-0.3, -0.25) is 0 Å². The Kier molecular flexibility index (Phi) is 8.90. The first-order valence-corrected chi connectivity index (χ1v) is 11.3. The van der Waals surface area contributed by atoms with Crippen LogP contribution in [0.1, 0.15) is 63.0 Å². The van der Waals surface area contributed by atoms with Crippen LogP contribution in [0.25, 0.3) is 0 Å².